The minimum atomic E-state index is 0.446. The molecule has 0 unspecified atom stereocenters. The van der Waals surface area contributed by atoms with E-state index in [0.717, 1.165) is 24.6 Å². The lowest BCUT2D eigenvalue weighted by Crippen LogP contribution is -2.23. The Bertz CT molecular complexity index is 753. The first-order valence-electron chi connectivity index (χ1n) is 8.00. The molecule has 0 N–H and O–H groups in total. The fourth-order valence-corrected chi connectivity index (χ4v) is 3.24. The second-order valence-electron chi connectivity index (χ2n) is 5.85. The average molecular weight is 305 g/mol. The number of aromatic nitrogens is 4. The lowest BCUT2D eigenvalue weighted by atomic mass is 10.1. The van der Waals surface area contributed by atoms with Crippen molar-refractivity contribution in [2.24, 2.45) is 0 Å². The molecule has 3 aromatic rings. The van der Waals surface area contributed by atoms with E-state index in [1.165, 1.54) is 18.4 Å². The summed E-state index contributed by atoms with van der Waals surface area (Å²) in [6.07, 6.45) is 7.93. The van der Waals surface area contributed by atoms with Crippen molar-refractivity contribution in [2.45, 2.75) is 25.4 Å². The summed E-state index contributed by atoms with van der Waals surface area (Å²) in [5.41, 5.74) is 2.37. The first-order valence-corrected chi connectivity index (χ1v) is 8.00. The van der Waals surface area contributed by atoms with Crippen LogP contribution in [0.4, 0.5) is 0 Å². The van der Waals surface area contributed by atoms with Gasteiger partial charge in [0.25, 0.3) is 0 Å². The lowest BCUT2D eigenvalue weighted by molar-refractivity contribution is 0.242. The van der Waals surface area contributed by atoms with Crippen LogP contribution in [0.2, 0.25) is 0 Å². The summed E-state index contributed by atoms with van der Waals surface area (Å²) in [6, 6.07) is 14.8. The molecule has 1 atom stereocenters. The van der Waals surface area contributed by atoms with Crippen LogP contribution in [0, 0.1) is 0 Å². The summed E-state index contributed by atoms with van der Waals surface area (Å²) in [5.74, 6) is 0.870. The number of pyridine rings is 1. The molecule has 23 heavy (non-hydrogen) atoms. The quantitative estimate of drug-likeness (QED) is 0.743. The predicted octanol–water partition coefficient (Wildman–Crippen LogP) is 3.00. The van der Waals surface area contributed by atoms with Crippen molar-refractivity contribution in [2.75, 3.05) is 6.54 Å². The smallest absolute Gasteiger partial charge is 0.165 e. The third-order valence-corrected chi connectivity index (χ3v) is 4.36. The zero-order valence-corrected chi connectivity index (χ0v) is 12.9. The van der Waals surface area contributed by atoms with Gasteiger partial charge in [0.2, 0.25) is 0 Å². The van der Waals surface area contributed by atoms with Crippen LogP contribution in [0.5, 0.6) is 0 Å². The zero-order valence-electron chi connectivity index (χ0n) is 12.9. The van der Waals surface area contributed by atoms with Crippen molar-refractivity contribution in [3.63, 3.8) is 0 Å². The number of benzene rings is 1. The summed E-state index contributed by atoms with van der Waals surface area (Å²) in [7, 11) is 0. The van der Waals surface area contributed by atoms with Gasteiger partial charge in [0, 0.05) is 18.4 Å². The van der Waals surface area contributed by atoms with Gasteiger partial charge in [0.1, 0.15) is 6.33 Å². The minimum absolute atomic E-state index is 0.446. The van der Waals surface area contributed by atoms with Gasteiger partial charge in [0.05, 0.1) is 12.2 Å². The van der Waals surface area contributed by atoms with E-state index in [2.05, 4.69) is 32.1 Å². The van der Waals surface area contributed by atoms with E-state index >= 15 is 0 Å². The maximum Gasteiger partial charge on any atom is 0.165 e. The highest BCUT2D eigenvalue weighted by atomic mass is 15.3. The van der Waals surface area contributed by atoms with Crippen molar-refractivity contribution in [1.82, 2.24) is 24.6 Å². The zero-order chi connectivity index (χ0) is 15.5. The number of hydrogen-bond acceptors (Lipinski definition) is 4. The molecule has 0 spiro atoms. The molecule has 4 rings (SSSR count). The fourth-order valence-electron chi connectivity index (χ4n) is 3.24. The van der Waals surface area contributed by atoms with E-state index < -0.39 is 0 Å². The molecule has 5 heteroatoms. The Hall–Kier alpha value is -2.53. The van der Waals surface area contributed by atoms with E-state index in [1.807, 2.05) is 47.4 Å². The number of rotatable bonds is 4. The Morgan fingerprint density at radius 2 is 1.87 bits per heavy atom. The monoisotopic (exact) mass is 305 g/mol. The number of likely N-dealkylation sites (tertiary alicyclic amines) is 1. The van der Waals surface area contributed by atoms with Crippen molar-refractivity contribution in [3.05, 3.63) is 72.6 Å². The lowest BCUT2D eigenvalue weighted by Gasteiger charge is -2.23. The van der Waals surface area contributed by atoms with Gasteiger partial charge < -0.3 is 0 Å². The molecule has 1 saturated heterocycles. The van der Waals surface area contributed by atoms with Gasteiger partial charge in [-0.2, -0.15) is 0 Å². The molecule has 2 aromatic heterocycles. The summed E-state index contributed by atoms with van der Waals surface area (Å²) in [5, 5.41) is 4.62. The molecular weight excluding hydrogens is 286 g/mol. The van der Waals surface area contributed by atoms with Crippen molar-refractivity contribution < 1.29 is 0 Å². The minimum Gasteiger partial charge on any atom is -0.289 e. The van der Waals surface area contributed by atoms with Crippen LogP contribution >= 0.6 is 0 Å². The first-order chi connectivity index (χ1) is 11.4. The van der Waals surface area contributed by atoms with Gasteiger partial charge in [-0.25, -0.2) is 9.67 Å². The third kappa shape index (κ3) is 3.00. The van der Waals surface area contributed by atoms with Crippen LogP contribution in [0.1, 0.15) is 30.3 Å². The van der Waals surface area contributed by atoms with Crippen LogP contribution in [0.25, 0.3) is 5.69 Å². The van der Waals surface area contributed by atoms with E-state index in [1.54, 1.807) is 6.33 Å². The Balaban J connectivity index is 1.51. The van der Waals surface area contributed by atoms with Crippen LogP contribution in [-0.2, 0) is 6.54 Å². The average Bonchev–Trinajstić information content (AvgIpc) is 3.26. The predicted molar refractivity (Wildman–Crippen MR) is 88.0 cm³/mol. The molecule has 3 heterocycles. The Morgan fingerprint density at radius 3 is 2.70 bits per heavy atom. The molecule has 116 valence electrons. The van der Waals surface area contributed by atoms with Crippen LogP contribution in [0.15, 0.2) is 61.2 Å². The summed E-state index contributed by atoms with van der Waals surface area (Å²) in [4.78, 5) is 11.1. The van der Waals surface area contributed by atoms with E-state index in [0.29, 0.717) is 6.04 Å². The van der Waals surface area contributed by atoms with Crippen molar-refractivity contribution in [3.8, 4) is 5.69 Å². The van der Waals surface area contributed by atoms with E-state index in [9.17, 15) is 0 Å². The van der Waals surface area contributed by atoms with Gasteiger partial charge in [-0.15, -0.1) is 5.10 Å². The molecule has 1 aliphatic heterocycles. The van der Waals surface area contributed by atoms with Gasteiger partial charge in [0.15, 0.2) is 5.82 Å². The van der Waals surface area contributed by atoms with Crippen LogP contribution in [-0.4, -0.2) is 31.2 Å². The van der Waals surface area contributed by atoms with E-state index in [4.69, 9.17) is 0 Å². The maximum atomic E-state index is 4.62. The Labute approximate surface area is 135 Å². The first kappa shape index (κ1) is 14.1. The van der Waals surface area contributed by atoms with Gasteiger partial charge in [-0.1, -0.05) is 18.2 Å². The highest BCUT2D eigenvalue weighted by molar-refractivity contribution is 5.29. The van der Waals surface area contributed by atoms with Crippen LogP contribution in [0.3, 0.4) is 0 Å². The summed E-state index contributed by atoms with van der Waals surface area (Å²) >= 11 is 0. The van der Waals surface area contributed by atoms with E-state index in [-0.39, 0.29) is 0 Å². The summed E-state index contributed by atoms with van der Waals surface area (Å²) in [6.45, 7) is 1.87. The van der Waals surface area contributed by atoms with Crippen molar-refractivity contribution >= 4 is 0 Å². The molecular formula is C18H19N5. The largest absolute Gasteiger partial charge is 0.289 e. The molecule has 1 aromatic carbocycles. The highest BCUT2D eigenvalue weighted by Crippen LogP contribution is 2.32. The third-order valence-electron chi connectivity index (χ3n) is 4.36. The SMILES string of the molecule is c1ccc(-n2cnc(CN3CCC[C@H]3c3ccncc3)n2)cc1. The number of para-hydroxylation sites is 1. The number of nitrogens with zero attached hydrogens (tertiary/aromatic N) is 5. The normalized spacial score (nSPS) is 18.3. The molecule has 0 radical (unpaired) electrons. The maximum absolute atomic E-state index is 4.62. The molecule has 1 aliphatic rings. The molecule has 0 aliphatic carbocycles. The number of hydrogen-bond donors (Lipinski definition) is 0. The fraction of sp³-hybridized carbons (Fsp3) is 0.278. The standard InChI is InChI=1S/C18H19N5/c1-2-5-16(6-3-1)23-14-20-18(21-23)13-22-12-4-7-17(22)15-8-10-19-11-9-15/h1-3,5-6,8-11,14,17H,4,7,12-13H2/t17-/m0/s1. The molecule has 5 nitrogen and oxygen atoms in total. The highest BCUT2D eigenvalue weighted by Gasteiger charge is 2.26. The second-order valence-corrected chi connectivity index (χ2v) is 5.85. The summed E-state index contributed by atoms with van der Waals surface area (Å²) < 4.78 is 1.84. The topological polar surface area (TPSA) is 46.8 Å². The van der Waals surface area contributed by atoms with Gasteiger partial charge >= 0.3 is 0 Å². The molecule has 1 fully saturated rings. The molecule has 0 amide bonds. The van der Waals surface area contributed by atoms with Crippen LogP contribution < -0.4 is 0 Å². The Kier molecular flexibility index (Phi) is 3.86. The van der Waals surface area contributed by atoms with Crippen molar-refractivity contribution in [1.29, 1.82) is 0 Å². The molecule has 0 bridgehead atoms. The Morgan fingerprint density at radius 1 is 1.04 bits per heavy atom. The van der Waals surface area contributed by atoms with Gasteiger partial charge in [-0.3, -0.25) is 9.88 Å². The second kappa shape index (κ2) is 6.30. The molecule has 0 saturated carbocycles. The van der Waals surface area contributed by atoms with Gasteiger partial charge in [-0.05, 0) is 49.2 Å².